The molecule has 0 saturated heterocycles. The Morgan fingerprint density at radius 2 is 1.44 bits per heavy atom. The lowest BCUT2D eigenvalue weighted by atomic mass is 10.1. The fourth-order valence-corrected chi connectivity index (χ4v) is 3.74. The summed E-state index contributed by atoms with van der Waals surface area (Å²) in [5, 5.41) is 2.86. The molecule has 0 bridgehead atoms. The van der Waals surface area contributed by atoms with Gasteiger partial charge in [0, 0.05) is 6.04 Å². The minimum absolute atomic E-state index is 0.192. The molecule has 2 atom stereocenters. The average Bonchev–Trinajstić information content (AvgIpc) is 2.59. The number of carbonyl (C=O) groups excluding carboxylic acids is 1. The van der Waals surface area contributed by atoms with Crippen molar-refractivity contribution in [3.05, 3.63) is 71.8 Å². The highest BCUT2D eigenvalue weighted by Crippen LogP contribution is 2.22. The highest BCUT2D eigenvalue weighted by Gasteiger charge is 2.27. The fourth-order valence-electron chi connectivity index (χ4n) is 2.69. The Morgan fingerprint density at radius 3 is 1.92 bits per heavy atom. The van der Waals surface area contributed by atoms with Crippen molar-refractivity contribution in [3.8, 4) is 0 Å². The summed E-state index contributed by atoms with van der Waals surface area (Å²) in [6.45, 7) is 3.44. The van der Waals surface area contributed by atoms with Gasteiger partial charge in [0.2, 0.25) is 15.9 Å². The van der Waals surface area contributed by atoms with E-state index in [-0.39, 0.29) is 18.5 Å². The Morgan fingerprint density at radius 1 is 0.960 bits per heavy atom. The zero-order valence-electron chi connectivity index (χ0n) is 14.7. The monoisotopic (exact) mass is 360 g/mol. The van der Waals surface area contributed by atoms with Crippen molar-refractivity contribution in [2.75, 3.05) is 12.8 Å². The molecule has 2 aromatic rings. The predicted octanol–water partition coefficient (Wildman–Crippen LogP) is 2.89. The van der Waals surface area contributed by atoms with Crippen LogP contribution in [0.2, 0.25) is 0 Å². The number of carbonyl (C=O) groups is 1. The van der Waals surface area contributed by atoms with Gasteiger partial charge in [-0.3, -0.25) is 4.79 Å². The van der Waals surface area contributed by atoms with E-state index in [0.717, 1.165) is 17.4 Å². The second-order valence-corrected chi connectivity index (χ2v) is 8.03. The van der Waals surface area contributed by atoms with Crippen molar-refractivity contribution >= 4 is 15.9 Å². The molecular weight excluding hydrogens is 336 g/mol. The number of sulfonamides is 1. The van der Waals surface area contributed by atoms with E-state index in [1.165, 1.54) is 4.31 Å². The first kappa shape index (κ1) is 19.1. The fraction of sp³-hybridized carbons (Fsp3) is 0.316. The maximum atomic E-state index is 12.4. The van der Waals surface area contributed by atoms with Crippen molar-refractivity contribution in [1.29, 1.82) is 0 Å². The maximum absolute atomic E-state index is 12.4. The zero-order valence-corrected chi connectivity index (χ0v) is 15.5. The first-order valence-electron chi connectivity index (χ1n) is 8.15. The van der Waals surface area contributed by atoms with E-state index in [4.69, 9.17) is 0 Å². The summed E-state index contributed by atoms with van der Waals surface area (Å²) in [5.41, 5.74) is 1.81. The summed E-state index contributed by atoms with van der Waals surface area (Å²) in [4.78, 5) is 12.4. The highest BCUT2D eigenvalue weighted by atomic mass is 32.2. The molecule has 0 fully saturated rings. The summed E-state index contributed by atoms with van der Waals surface area (Å²) in [6.07, 6.45) is 1.13. The quantitative estimate of drug-likeness (QED) is 0.826. The van der Waals surface area contributed by atoms with Crippen LogP contribution in [0.1, 0.15) is 37.1 Å². The minimum atomic E-state index is -3.54. The van der Waals surface area contributed by atoms with Crippen LogP contribution in [-0.2, 0) is 14.8 Å². The van der Waals surface area contributed by atoms with Crippen molar-refractivity contribution in [3.63, 3.8) is 0 Å². The van der Waals surface area contributed by atoms with E-state index in [1.807, 2.05) is 67.6 Å². The highest BCUT2D eigenvalue weighted by molar-refractivity contribution is 7.88. The van der Waals surface area contributed by atoms with Crippen LogP contribution in [-0.4, -0.2) is 31.4 Å². The summed E-state index contributed by atoms with van der Waals surface area (Å²) < 4.78 is 25.6. The van der Waals surface area contributed by atoms with E-state index in [2.05, 4.69) is 5.32 Å². The van der Waals surface area contributed by atoms with Gasteiger partial charge in [-0.25, -0.2) is 8.42 Å². The average molecular weight is 360 g/mol. The second-order valence-electron chi connectivity index (χ2n) is 6.09. The molecule has 0 heterocycles. The van der Waals surface area contributed by atoms with E-state index < -0.39 is 16.1 Å². The number of amides is 1. The first-order chi connectivity index (χ1) is 11.8. The van der Waals surface area contributed by atoms with Gasteiger partial charge >= 0.3 is 0 Å². The predicted molar refractivity (Wildman–Crippen MR) is 99.4 cm³/mol. The van der Waals surface area contributed by atoms with Crippen molar-refractivity contribution < 1.29 is 13.2 Å². The molecule has 2 rings (SSSR count). The summed E-state index contributed by atoms with van der Waals surface area (Å²) in [6, 6.07) is 18.2. The van der Waals surface area contributed by atoms with Crippen molar-refractivity contribution in [2.24, 2.45) is 0 Å². The maximum Gasteiger partial charge on any atom is 0.235 e. The van der Waals surface area contributed by atoms with Gasteiger partial charge in [-0.05, 0) is 25.0 Å². The van der Waals surface area contributed by atoms with Crippen LogP contribution >= 0.6 is 0 Å². The third-order valence-electron chi connectivity index (χ3n) is 4.12. The standard InChI is InChI=1S/C19H24N2O3S/c1-15(17-10-6-4-7-11-17)20-19(22)14-21(25(3,23)24)16(2)18-12-8-5-9-13-18/h4-13,15-16H,14H2,1-3H3,(H,20,22). The number of hydrogen-bond donors (Lipinski definition) is 1. The van der Waals surface area contributed by atoms with Crippen LogP contribution in [0.4, 0.5) is 0 Å². The lowest BCUT2D eigenvalue weighted by molar-refractivity contribution is -0.122. The SMILES string of the molecule is CC(NC(=O)CN(C(C)c1ccccc1)S(C)(=O)=O)c1ccccc1. The minimum Gasteiger partial charge on any atom is -0.348 e. The van der Waals surface area contributed by atoms with E-state index in [1.54, 1.807) is 6.92 Å². The Bertz CT molecular complexity index is 792. The van der Waals surface area contributed by atoms with E-state index in [9.17, 15) is 13.2 Å². The Hall–Kier alpha value is -2.18. The number of nitrogens with zero attached hydrogens (tertiary/aromatic N) is 1. The topological polar surface area (TPSA) is 66.5 Å². The number of nitrogens with one attached hydrogen (secondary N) is 1. The molecule has 2 unspecified atom stereocenters. The Balaban J connectivity index is 2.11. The van der Waals surface area contributed by atoms with Gasteiger partial charge in [-0.1, -0.05) is 60.7 Å². The number of rotatable bonds is 7. The zero-order chi connectivity index (χ0) is 18.4. The largest absolute Gasteiger partial charge is 0.348 e. The lowest BCUT2D eigenvalue weighted by Crippen LogP contribution is -2.42. The molecule has 5 nitrogen and oxygen atoms in total. The van der Waals surface area contributed by atoms with E-state index >= 15 is 0 Å². The smallest absolute Gasteiger partial charge is 0.235 e. The van der Waals surface area contributed by atoms with Crippen LogP contribution in [0.15, 0.2) is 60.7 Å². The molecule has 6 heteroatoms. The van der Waals surface area contributed by atoms with Crippen LogP contribution in [0.25, 0.3) is 0 Å². The van der Waals surface area contributed by atoms with Gasteiger partial charge in [0.05, 0.1) is 18.8 Å². The molecule has 0 radical (unpaired) electrons. The van der Waals surface area contributed by atoms with Gasteiger partial charge in [0.15, 0.2) is 0 Å². The molecule has 1 amide bonds. The van der Waals surface area contributed by atoms with Crippen LogP contribution in [0, 0.1) is 0 Å². The molecule has 0 spiro atoms. The van der Waals surface area contributed by atoms with Gasteiger partial charge < -0.3 is 5.32 Å². The van der Waals surface area contributed by atoms with Gasteiger partial charge in [0.1, 0.15) is 0 Å². The third kappa shape index (κ3) is 5.41. The summed E-state index contributed by atoms with van der Waals surface area (Å²) >= 11 is 0. The van der Waals surface area contributed by atoms with Gasteiger partial charge in [-0.15, -0.1) is 0 Å². The van der Waals surface area contributed by atoms with E-state index in [0.29, 0.717) is 0 Å². The first-order valence-corrected chi connectivity index (χ1v) is 10.00. The van der Waals surface area contributed by atoms with Crippen LogP contribution < -0.4 is 5.32 Å². The molecule has 0 aliphatic heterocycles. The van der Waals surface area contributed by atoms with Crippen molar-refractivity contribution in [2.45, 2.75) is 25.9 Å². The third-order valence-corrected chi connectivity index (χ3v) is 5.41. The summed E-state index contributed by atoms with van der Waals surface area (Å²) in [5.74, 6) is -0.329. The molecule has 25 heavy (non-hydrogen) atoms. The molecule has 1 N–H and O–H groups in total. The summed E-state index contributed by atoms with van der Waals surface area (Å²) in [7, 11) is -3.54. The normalized spacial score (nSPS) is 14.1. The molecule has 134 valence electrons. The number of benzene rings is 2. The molecule has 0 aliphatic carbocycles. The van der Waals surface area contributed by atoms with Crippen LogP contribution in [0.5, 0.6) is 0 Å². The van der Waals surface area contributed by atoms with Gasteiger partial charge in [0.25, 0.3) is 0 Å². The van der Waals surface area contributed by atoms with Gasteiger partial charge in [-0.2, -0.15) is 4.31 Å². The Labute approximate surface area is 149 Å². The molecule has 0 aromatic heterocycles. The second kappa shape index (κ2) is 8.27. The number of hydrogen-bond acceptors (Lipinski definition) is 3. The Kier molecular flexibility index (Phi) is 6.33. The van der Waals surface area contributed by atoms with Crippen molar-refractivity contribution in [1.82, 2.24) is 9.62 Å². The molecular formula is C19H24N2O3S. The van der Waals surface area contributed by atoms with Crippen LogP contribution in [0.3, 0.4) is 0 Å². The lowest BCUT2D eigenvalue weighted by Gasteiger charge is -2.27. The molecule has 2 aromatic carbocycles. The molecule has 0 aliphatic rings. The molecule has 0 saturated carbocycles.